The van der Waals surface area contributed by atoms with Crippen molar-refractivity contribution < 1.29 is 14.6 Å². The van der Waals surface area contributed by atoms with Crippen LogP contribution in [0.3, 0.4) is 0 Å². The third kappa shape index (κ3) is 1.33. The van der Waals surface area contributed by atoms with Gasteiger partial charge in [0.05, 0.1) is 0 Å². The highest BCUT2D eigenvalue weighted by molar-refractivity contribution is 5.32. The van der Waals surface area contributed by atoms with E-state index in [0.717, 1.165) is 5.57 Å². The highest BCUT2D eigenvalue weighted by atomic mass is 16.8. The number of aliphatic hydroxyl groups is 1. The van der Waals surface area contributed by atoms with Crippen LogP contribution in [-0.4, -0.2) is 29.2 Å². The average Bonchev–Trinajstić information content (AvgIpc) is 2.47. The van der Waals surface area contributed by atoms with Gasteiger partial charge in [-0.25, -0.2) is 0 Å². The van der Waals surface area contributed by atoms with Crippen LogP contribution >= 0.6 is 0 Å². The molecule has 1 N–H and O–H groups in total. The Hall–Kier alpha value is -0.640. The molecule has 0 saturated carbocycles. The maximum atomic E-state index is 9.60. The van der Waals surface area contributed by atoms with Gasteiger partial charge in [-0.3, -0.25) is 0 Å². The molecule has 0 amide bonds. The summed E-state index contributed by atoms with van der Waals surface area (Å²) in [5, 5.41) is 9.60. The zero-order chi connectivity index (χ0) is 9.64. The van der Waals surface area contributed by atoms with Crippen molar-refractivity contribution in [3.05, 3.63) is 24.3 Å². The molecule has 1 aliphatic carbocycles. The quantitative estimate of drug-likeness (QED) is 0.657. The summed E-state index contributed by atoms with van der Waals surface area (Å²) in [5.74, 6) is -0.598. The first kappa shape index (κ1) is 8.94. The molecule has 0 spiro atoms. The first-order valence-electron chi connectivity index (χ1n) is 4.41. The highest BCUT2D eigenvalue weighted by Gasteiger charge is 2.48. The fourth-order valence-electron chi connectivity index (χ4n) is 1.87. The van der Waals surface area contributed by atoms with E-state index in [1.807, 2.05) is 13.8 Å². The molecule has 3 nitrogen and oxygen atoms in total. The van der Waals surface area contributed by atoms with Crippen molar-refractivity contribution in [1.29, 1.82) is 0 Å². The van der Waals surface area contributed by atoms with Crippen LogP contribution in [0.5, 0.6) is 0 Å². The van der Waals surface area contributed by atoms with Crippen molar-refractivity contribution in [1.82, 2.24) is 0 Å². The van der Waals surface area contributed by atoms with E-state index in [1.54, 1.807) is 12.2 Å². The molecule has 1 fully saturated rings. The number of fused-ring (bicyclic) bond motifs is 1. The Morgan fingerprint density at radius 2 is 2.23 bits per heavy atom. The third-order valence-electron chi connectivity index (χ3n) is 2.39. The predicted molar refractivity (Wildman–Crippen MR) is 48.1 cm³/mol. The summed E-state index contributed by atoms with van der Waals surface area (Å²) in [7, 11) is 0. The van der Waals surface area contributed by atoms with Crippen LogP contribution < -0.4 is 0 Å². The minimum Gasteiger partial charge on any atom is -0.386 e. The van der Waals surface area contributed by atoms with Gasteiger partial charge in [0, 0.05) is 0 Å². The first-order chi connectivity index (χ1) is 6.03. The van der Waals surface area contributed by atoms with Gasteiger partial charge in [0.25, 0.3) is 0 Å². The van der Waals surface area contributed by atoms with Crippen molar-refractivity contribution in [2.24, 2.45) is 0 Å². The molecule has 2 aliphatic rings. The van der Waals surface area contributed by atoms with Gasteiger partial charge in [-0.1, -0.05) is 12.7 Å². The van der Waals surface area contributed by atoms with Crippen LogP contribution in [0, 0.1) is 0 Å². The van der Waals surface area contributed by atoms with E-state index < -0.39 is 11.9 Å². The summed E-state index contributed by atoms with van der Waals surface area (Å²) >= 11 is 0. The summed E-state index contributed by atoms with van der Waals surface area (Å²) in [6.45, 7) is 7.36. The number of hydrogen-bond acceptors (Lipinski definition) is 3. The molecule has 0 aromatic carbocycles. The van der Waals surface area contributed by atoms with Crippen molar-refractivity contribution in [3.8, 4) is 0 Å². The normalized spacial score (nSPS) is 41.5. The molecule has 0 aromatic heterocycles. The maximum absolute atomic E-state index is 9.60. The Morgan fingerprint density at radius 3 is 2.85 bits per heavy atom. The Kier molecular flexibility index (Phi) is 1.84. The molecule has 1 aliphatic heterocycles. The van der Waals surface area contributed by atoms with Crippen LogP contribution in [-0.2, 0) is 9.47 Å². The van der Waals surface area contributed by atoms with E-state index in [-0.39, 0.29) is 12.2 Å². The van der Waals surface area contributed by atoms with Crippen LogP contribution in [0.4, 0.5) is 0 Å². The van der Waals surface area contributed by atoms with Crippen LogP contribution in [0.2, 0.25) is 0 Å². The van der Waals surface area contributed by atoms with Crippen LogP contribution in [0.15, 0.2) is 24.3 Å². The molecule has 3 atom stereocenters. The van der Waals surface area contributed by atoms with Crippen molar-refractivity contribution in [2.75, 3.05) is 0 Å². The van der Waals surface area contributed by atoms with Gasteiger partial charge in [-0.05, 0) is 25.5 Å². The summed E-state index contributed by atoms with van der Waals surface area (Å²) in [5.41, 5.74) is 0.920. The molecular weight excluding hydrogens is 168 g/mol. The van der Waals surface area contributed by atoms with Gasteiger partial charge >= 0.3 is 0 Å². The molecular formula is C10H14O3. The number of aliphatic hydroxyl groups excluding tert-OH is 1. The Balaban J connectivity index is 2.24. The Morgan fingerprint density at radius 1 is 1.54 bits per heavy atom. The molecule has 13 heavy (non-hydrogen) atoms. The molecule has 1 heterocycles. The van der Waals surface area contributed by atoms with Gasteiger partial charge in [0.15, 0.2) is 5.79 Å². The lowest BCUT2D eigenvalue weighted by Crippen LogP contribution is -2.29. The first-order valence-corrected chi connectivity index (χ1v) is 4.41. The molecule has 0 aromatic rings. The van der Waals surface area contributed by atoms with E-state index >= 15 is 0 Å². The number of rotatable bonds is 1. The minimum atomic E-state index is -0.598. The third-order valence-corrected chi connectivity index (χ3v) is 2.39. The van der Waals surface area contributed by atoms with E-state index in [9.17, 15) is 5.11 Å². The molecule has 0 unspecified atom stereocenters. The molecule has 1 saturated heterocycles. The van der Waals surface area contributed by atoms with Gasteiger partial charge in [-0.15, -0.1) is 0 Å². The van der Waals surface area contributed by atoms with Crippen molar-refractivity contribution in [3.63, 3.8) is 0 Å². The molecule has 2 rings (SSSR count). The lowest BCUT2D eigenvalue weighted by Gasteiger charge is -2.18. The fourth-order valence-corrected chi connectivity index (χ4v) is 1.87. The Labute approximate surface area is 77.7 Å². The van der Waals surface area contributed by atoms with Gasteiger partial charge in [0.1, 0.15) is 18.3 Å². The average molecular weight is 182 g/mol. The maximum Gasteiger partial charge on any atom is 0.164 e. The lowest BCUT2D eigenvalue weighted by atomic mass is 10.1. The summed E-state index contributed by atoms with van der Waals surface area (Å²) in [6.07, 6.45) is 2.46. The molecule has 3 heteroatoms. The largest absolute Gasteiger partial charge is 0.386 e. The number of hydrogen-bond donors (Lipinski definition) is 1. The second-order valence-corrected chi connectivity index (χ2v) is 3.88. The topological polar surface area (TPSA) is 38.7 Å². The van der Waals surface area contributed by atoms with Gasteiger partial charge in [0.2, 0.25) is 0 Å². The van der Waals surface area contributed by atoms with Gasteiger partial charge in [-0.2, -0.15) is 0 Å². The van der Waals surface area contributed by atoms with E-state index in [4.69, 9.17) is 9.47 Å². The molecule has 0 bridgehead atoms. The lowest BCUT2D eigenvalue weighted by molar-refractivity contribution is -0.152. The van der Waals surface area contributed by atoms with Crippen LogP contribution in [0.1, 0.15) is 13.8 Å². The van der Waals surface area contributed by atoms with Crippen molar-refractivity contribution >= 4 is 0 Å². The van der Waals surface area contributed by atoms with Crippen molar-refractivity contribution in [2.45, 2.75) is 37.9 Å². The zero-order valence-electron chi connectivity index (χ0n) is 7.86. The summed E-state index contributed by atoms with van der Waals surface area (Å²) < 4.78 is 11.2. The van der Waals surface area contributed by atoms with Crippen LogP contribution in [0.25, 0.3) is 0 Å². The van der Waals surface area contributed by atoms with Gasteiger partial charge < -0.3 is 14.6 Å². The molecule has 0 radical (unpaired) electrons. The minimum absolute atomic E-state index is 0.150. The smallest absolute Gasteiger partial charge is 0.164 e. The monoisotopic (exact) mass is 182 g/mol. The Bertz CT molecular complexity index is 267. The zero-order valence-corrected chi connectivity index (χ0v) is 7.86. The van der Waals surface area contributed by atoms with E-state index in [2.05, 4.69) is 6.58 Å². The van der Waals surface area contributed by atoms with E-state index in [1.165, 1.54) is 0 Å². The highest BCUT2D eigenvalue weighted by Crippen LogP contribution is 2.38. The molecule has 72 valence electrons. The summed E-state index contributed by atoms with van der Waals surface area (Å²) in [6, 6.07) is 0. The predicted octanol–water partition coefficient (Wildman–Crippen LogP) is 0.993. The standard InChI is InChI=1S/C10H14O3/c1-4-6-5-7(11)9-8(6)12-10(2,3)13-9/h4-5,7-9,11H,1H2,2-3H3/t7-,8+,9-/m0/s1. The number of ether oxygens (including phenoxy) is 2. The van der Waals surface area contributed by atoms with E-state index in [0.29, 0.717) is 0 Å². The second kappa shape index (κ2) is 2.67. The second-order valence-electron chi connectivity index (χ2n) is 3.88. The fraction of sp³-hybridized carbons (Fsp3) is 0.600. The SMILES string of the molecule is C=CC1=C[C@H](O)[C@@H]2OC(C)(C)O[C@H]12. The summed E-state index contributed by atoms with van der Waals surface area (Å²) in [4.78, 5) is 0.